The van der Waals surface area contributed by atoms with Crippen LogP contribution in [0.3, 0.4) is 0 Å². The third-order valence-electron chi connectivity index (χ3n) is 2.69. The number of aromatic nitrogens is 1. The van der Waals surface area contributed by atoms with E-state index in [0.29, 0.717) is 24.3 Å². The first-order chi connectivity index (χ1) is 7.55. The SMILES string of the molecule is Nc1ccnc(NC2CCS(=O)(=O)CC2)c1. The van der Waals surface area contributed by atoms with Crippen molar-refractivity contribution in [1.82, 2.24) is 4.98 Å². The molecule has 6 heteroatoms. The molecule has 5 nitrogen and oxygen atoms in total. The maximum absolute atomic E-state index is 11.2. The number of sulfone groups is 1. The lowest BCUT2D eigenvalue weighted by Gasteiger charge is -2.23. The fourth-order valence-corrected chi connectivity index (χ4v) is 3.26. The number of anilines is 2. The van der Waals surface area contributed by atoms with E-state index in [9.17, 15) is 8.42 Å². The van der Waals surface area contributed by atoms with Gasteiger partial charge in [0.05, 0.1) is 11.5 Å². The fourth-order valence-electron chi connectivity index (χ4n) is 1.77. The molecule has 16 heavy (non-hydrogen) atoms. The molecule has 0 aromatic carbocycles. The Morgan fingerprint density at radius 2 is 2.06 bits per heavy atom. The Kier molecular flexibility index (Phi) is 3.00. The highest BCUT2D eigenvalue weighted by Gasteiger charge is 2.23. The number of rotatable bonds is 2. The predicted octanol–water partition coefficient (Wildman–Crippen LogP) is 0.653. The predicted molar refractivity (Wildman–Crippen MR) is 63.9 cm³/mol. The molecule has 0 spiro atoms. The number of nitrogens with zero attached hydrogens (tertiary/aromatic N) is 1. The zero-order valence-corrected chi connectivity index (χ0v) is 9.70. The van der Waals surface area contributed by atoms with Crippen molar-refractivity contribution in [2.75, 3.05) is 22.6 Å². The molecule has 2 rings (SSSR count). The van der Waals surface area contributed by atoms with Gasteiger partial charge < -0.3 is 11.1 Å². The first-order valence-electron chi connectivity index (χ1n) is 5.24. The Morgan fingerprint density at radius 3 is 2.69 bits per heavy atom. The van der Waals surface area contributed by atoms with E-state index >= 15 is 0 Å². The molecule has 3 N–H and O–H groups in total. The molecule has 0 radical (unpaired) electrons. The van der Waals surface area contributed by atoms with E-state index in [1.165, 1.54) is 0 Å². The molecule has 0 atom stereocenters. The Balaban J connectivity index is 1.97. The number of hydrogen-bond acceptors (Lipinski definition) is 5. The monoisotopic (exact) mass is 241 g/mol. The molecule has 0 aliphatic carbocycles. The van der Waals surface area contributed by atoms with Crippen LogP contribution in [0.25, 0.3) is 0 Å². The molecule has 0 unspecified atom stereocenters. The summed E-state index contributed by atoms with van der Waals surface area (Å²) in [5.74, 6) is 1.23. The van der Waals surface area contributed by atoms with E-state index in [0.717, 1.165) is 0 Å². The van der Waals surface area contributed by atoms with Gasteiger partial charge in [0.1, 0.15) is 15.7 Å². The lowest BCUT2D eigenvalue weighted by atomic mass is 10.1. The summed E-state index contributed by atoms with van der Waals surface area (Å²) >= 11 is 0. The van der Waals surface area contributed by atoms with Gasteiger partial charge >= 0.3 is 0 Å². The quantitative estimate of drug-likeness (QED) is 0.794. The highest BCUT2D eigenvalue weighted by Crippen LogP contribution is 2.17. The van der Waals surface area contributed by atoms with Crippen molar-refractivity contribution >= 4 is 21.3 Å². The molecule has 1 aliphatic rings. The third-order valence-corrected chi connectivity index (χ3v) is 4.41. The van der Waals surface area contributed by atoms with E-state index in [2.05, 4.69) is 10.3 Å². The molecule has 2 heterocycles. The van der Waals surface area contributed by atoms with Crippen molar-refractivity contribution in [2.24, 2.45) is 0 Å². The van der Waals surface area contributed by atoms with Crippen molar-refractivity contribution in [2.45, 2.75) is 18.9 Å². The van der Waals surface area contributed by atoms with Crippen LogP contribution in [0.5, 0.6) is 0 Å². The number of nitrogen functional groups attached to an aromatic ring is 1. The van der Waals surface area contributed by atoms with Gasteiger partial charge in [-0.2, -0.15) is 0 Å². The van der Waals surface area contributed by atoms with Gasteiger partial charge in [-0.1, -0.05) is 0 Å². The topological polar surface area (TPSA) is 85.1 Å². The summed E-state index contributed by atoms with van der Waals surface area (Å²) in [4.78, 5) is 4.13. The number of nitrogens with two attached hydrogens (primary N) is 1. The average molecular weight is 241 g/mol. The summed E-state index contributed by atoms with van der Waals surface area (Å²) in [5, 5.41) is 3.20. The van der Waals surface area contributed by atoms with Gasteiger partial charge in [0.25, 0.3) is 0 Å². The van der Waals surface area contributed by atoms with Crippen LogP contribution in [0.15, 0.2) is 18.3 Å². The van der Waals surface area contributed by atoms with Gasteiger partial charge in [-0.3, -0.25) is 0 Å². The van der Waals surface area contributed by atoms with Crippen LogP contribution < -0.4 is 11.1 Å². The summed E-state index contributed by atoms with van der Waals surface area (Å²) in [6.45, 7) is 0. The molecule has 0 saturated carbocycles. The van der Waals surface area contributed by atoms with Crippen LogP contribution in [-0.2, 0) is 9.84 Å². The normalized spacial score (nSPS) is 20.5. The van der Waals surface area contributed by atoms with Gasteiger partial charge in [-0.25, -0.2) is 13.4 Å². The van der Waals surface area contributed by atoms with E-state index < -0.39 is 9.84 Å². The van der Waals surface area contributed by atoms with Crippen molar-refractivity contribution in [3.05, 3.63) is 18.3 Å². The van der Waals surface area contributed by atoms with Gasteiger partial charge in [-0.15, -0.1) is 0 Å². The molecule has 1 fully saturated rings. The second kappa shape index (κ2) is 4.29. The minimum atomic E-state index is -2.80. The van der Waals surface area contributed by atoms with E-state index in [1.54, 1.807) is 18.3 Å². The standard InChI is InChI=1S/C10H15N3O2S/c11-8-1-4-12-10(7-8)13-9-2-5-16(14,15)6-3-9/h1,4,7,9H,2-3,5-6H2,(H3,11,12,13). The van der Waals surface area contributed by atoms with Crippen LogP contribution >= 0.6 is 0 Å². The number of pyridine rings is 1. The average Bonchev–Trinajstić information content (AvgIpc) is 2.21. The Hall–Kier alpha value is -1.30. The summed E-state index contributed by atoms with van der Waals surface area (Å²) in [7, 11) is -2.80. The molecule has 1 aliphatic heterocycles. The zero-order valence-electron chi connectivity index (χ0n) is 8.89. The maximum atomic E-state index is 11.2. The number of nitrogens with one attached hydrogen (secondary N) is 1. The zero-order chi connectivity index (χ0) is 11.6. The van der Waals surface area contributed by atoms with Crippen molar-refractivity contribution in [3.63, 3.8) is 0 Å². The molecule has 88 valence electrons. The van der Waals surface area contributed by atoms with E-state index in [1.807, 2.05) is 0 Å². The second-order valence-corrected chi connectivity index (χ2v) is 6.35. The van der Waals surface area contributed by atoms with Crippen LogP contribution in [0.2, 0.25) is 0 Å². The summed E-state index contributed by atoms with van der Waals surface area (Å²) in [5.41, 5.74) is 6.28. The van der Waals surface area contributed by atoms with Crippen molar-refractivity contribution < 1.29 is 8.42 Å². The van der Waals surface area contributed by atoms with Gasteiger partial charge in [-0.05, 0) is 18.9 Å². The van der Waals surface area contributed by atoms with Crippen LogP contribution in [-0.4, -0.2) is 30.9 Å². The fraction of sp³-hybridized carbons (Fsp3) is 0.500. The van der Waals surface area contributed by atoms with Gasteiger partial charge in [0.2, 0.25) is 0 Å². The highest BCUT2D eigenvalue weighted by molar-refractivity contribution is 7.91. The summed E-state index contributed by atoms with van der Waals surface area (Å²) in [6, 6.07) is 3.65. The van der Waals surface area contributed by atoms with Crippen molar-refractivity contribution in [3.8, 4) is 0 Å². The maximum Gasteiger partial charge on any atom is 0.150 e. The molecule has 1 saturated heterocycles. The smallest absolute Gasteiger partial charge is 0.150 e. The Morgan fingerprint density at radius 1 is 1.38 bits per heavy atom. The van der Waals surface area contributed by atoms with E-state index in [4.69, 9.17) is 5.73 Å². The van der Waals surface area contributed by atoms with Crippen LogP contribution in [0, 0.1) is 0 Å². The Bertz CT molecular complexity index is 459. The molecule has 1 aromatic heterocycles. The molecule has 0 bridgehead atoms. The van der Waals surface area contributed by atoms with Gasteiger partial charge in [0.15, 0.2) is 0 Å². The number of hydrogen-bond donors (Lipinski definition) is 2. The molecule has 0 amide bonds. The van der Waals surface area contributed by atoms with Gasteiger partial charge in [0, 0.05) is 24.0 Å². The largest absolute Gasteiger partial charge is 0.399 e. The first kappa shape index (κ1) is 11.2. The molecular weight excluding hydrogens is 226 g/mol. The van der Waals surface area contributed by atoms with Crippen molar-refractivity contribution in [1.29, 1.82) is 0 Å². The minimum Gasteiger partial charge on any atom is -0.399 e. The second-order valence-electron chi connectivity index (χ2n) is 4.04. The van der Waals surface area contributed by atoms with Crippen LogP contribution in [0.1, 0.15) is 12.8 Å². The Labute approximate surface area is 95.0 Å². The summed E-state index contributed by atoms with van der Waals surface area (Å²) in [6.07, 6.45) is 2.91. The highest BCUT2D eigenvalue weighted by atomic mass is 32.2. The molecular formula is C10H15N3O2S. The lowest BCUT2D eigenvalue weighted by Crippen LogP contribution is -2.32. The van der Waals surface area contributed by atoms with Crippen LogP contribution in [0.4, 0.5) is 11.5 Å². The first-order valence-corrected chi connectivity index (χ1v) is 7.06. The van der Waals surface area contributed by atoms with E-state index in [-0.39, 0.29) is 17.5 Å². The molecule has 1 aromatic rings. The minimum absolute atomic E-state index is 0.179. The summed E-state index contributed by atoms with van der Waals surface area (Å²) < 4.78 is 22.5. The third kappa shape index (κ3) is 2.85. The lowest BCUT2D eigenvalue weighted by molar-refractivity contribution is 0.559.